The summed E-state index contributed by atoms with van der Waals surface area (Å²) in [4.78, 5) is 0.285. The van der Waals surface area contributed by atoms with Crippen molar-refractivity contribution in [1.82, 2.24) is 0 Å². The Kier molecular flexibility index (Phi) is 4.46. The second-order valence-corrected chi connectivity index (χ2v) is 5.52. The summed E-state index contributed by atoms with van der Waals surface area (Å²) in [6, 6.07) is 6.32. The minimum Gasteiger partial charge on any atom is -0.496 e. The normalized spacial score (nSPS) is 22.2. The molecule has 0 aromatic heterocycles. The zero-order chi connectivity index (χ0) is 12.3. The molecule has 17 heavy (non-hydrogen) atoms. The van der Waals surface area contributed by atoms with Crippen molar-refractivity contribution in [2.75, 3.05) is 13.7 Å². The van der Waals surface area contributed by atoms with Crippen molar-refractivity contribution in [3.8, 4) is 5.75 Å². The van der Waals surface area contributed by atoms with Gasteiger partial charge in [-0.05, 0) is 43.4 Å². The predicted molar refractivity (Wildman–Crippen MR) is 73.0 cm³/mol. The fraction of sp³-hybridized carbons (Fsp3) is 0.571. The summed E-state index contributed by atoms with van der Waals surface area (Å²) in [5.41, 5.74) is 2.44. The van der Waals surface area contributed by atoms with Gasteiger partial charge in [-0.1, -0.05) is 28.1 Å². The third kappa shape index (κ3) is 3.02. The van der Waals surface area contributed by atoms with Gasteiger partial charge in [0.2, 0.25) is 0 Å². The lowest BCUT2D eigenvalue weighted by Crippen LogP contribution is -2.23. The van der Waals surface area contributed by atoms with Crippen LogP contribution in [-0.2, 0) is 4.74 Å². The van der Waals surface area contributed by atoms with Crippen LogP contribution in [0.3, 0.4) is 0 Å². The highest BCUT2D eigenvalue weighted by Crippen LogP contribution is 2.35. The highest BCUT2D eigenvalue weighted by atomic mass is 79.9. The van der Waals surface area contributed by atoms with E-state index in [0.717, 1.165) is 18.8 Å². The first kappa shape index (κ1) is 12.9. The molecule has 1 heterocycles. The van der Waals surface area contributed by atoms with Gasteiger partial charge in [-0.3, -0.25) is 0 Å². The number of aryl methyl sites for hydroxylation is 1. The van der Waals surface area contributed by atoms with Crippen LogP contribution in [0.25, 0.3) is 0 Å². The molecule has 3 heteroatoms. The molecule has 0 amide bonds. The Morgan fingerprint density at radius 1 is 1.41 bits per heavy atom. The molecule has 0 radical (unpaired) electrons. The highest BCUT2D eigenvalue weighted by molar-refractivity contribution is 9.09. The zero-order valence-corrected chi connectivity index (χ0v) is 12.0. The molecule has 1 aliphatic heterocycles. The van der Waals surface area contributed by atoms with E-state index >= 15 is 0 Å². The Hall–Kier alpha value is -0.540. The predicted octanol–water partition coefficient (Wildman–Crippen LogP) is 4.01. The van der Waals surface area contributed by atoms with Crippen LogP contribution in [0.1, 0.15) is 35.2 Å². The van der Waals surface area contributed by atoms with E-state index in [9.17, 15) is 0 Å². The Morgan fingerprint density at radius 3 is 2.82 bits per heavy atom. The average molecular weight is 299 g/mol. The van der Waals surface area contributed by atoms with Gasteiger partial charge in [0.25, 0.3) is 0 Å². The molecular formula is C14H19BrO2. The van der Waals surface area contributed by atoms with E-state index < -0.39 is 0 Å². The van der Waals surface area contributed by atoms with Crippen molar-refractivity contribution in [1.29, 1.82) is 0 Å². The van der Waals surface area contributed by atoms with E-state index in [2.05, 4.69) is 35.0 Å². The molecule has 2 nitrogen and oxygen atoms in total. The van der Waals surface area contributed by atoms with Crippen molar-refractivity contribution in [2.45, 2.75) is 37.1 Å². The molecule has 0 bridgehead atoms. The second-order valence-electron chi connectivity index (χ2n) is 4.54. The fourth-order valence-electron chi connectivity index (χ4n) is 2.28. The lowest BCUT2D eigenvalue weighted by Gasteiger charge is -2.27. The number of alkyl halides is 1. The smallest absolute Gasteiger partial charge is 0.121 e. The van der Waals surface area contributed by atoms with Gasteiger partial charge in [0.15, 0.2) is 0 Å². The standard InChI is InChI=1S/C14H19BrO2/c1-10-9-11(6-7-12(10)16-2)14(15)13-5-3-4-8-17-13/h6-7,9,13-14H,3-5,8H2,1-2H3. The van der Waals surface area contributed by atoms with Crippen molar-refractivity contribution in [2.24, 2.45) is 0 Å². The number of hydrogen-bond acceptors (Lipinski definition) is 2. The maximum atomic E-state index is 5.81. The Bertz CT molecular complexity index is 372. The molecular weight excluding hydrogens is 280 g/mol. The summed E-state index contributed by atoms with van der Waals surface area (Å²) >= 11 is 3.76. The second kappa shape index (κ2) is 5.87. The van der Waals surface area contributed by atoms with Crippen LogP contribution in [0.4, 0.5) is 0 Å². The Morgan fingerprint density at radius 2 is 2.24 bits per heavy atom. The fourth-order valence-corrected chi connectivity index (χ4v) is 2.99. The summed E-state index contributed by atoms with van der Waals surface area (Å²) in [5.74, 6) is 0.943. The molecule has 0 saturated carbocycles. The SMILES string of the molecule is COc1ccc(C(Br)C2CCCCO2)cc1C. The first-order chi connectivity index (χ1) is 8.22. The van der Waals surface area contributed by atoms with Crippen molar-refractivity contribution < 1.29 is 9.47 Å². The largest absolute Gasteiger partial charge is 0.496 e. The van der Waals surface area contributed by atoms with Crippen LogP contribution in [0.2, 0.25) is 0 Å². The molecule has 1 aromatic rings. The summed E-state index contributed by atoms with van der Waals surface area (Å²) < 4.78 is 11.1. The van der Waals surface area contributed by atoms with Gasteiger partial charge in [-0.25, -0.2) is 0 Å². The van der Waals surface area contributed by atoms with Gasteiger partial charge in [-0.2, -0.15) is 0 Å². The van der Waals surface area contributed by atoms with Crippen molar-refractivity contribution in [3.63, 3.8) is 0 Å². The summed E-state index contributed by atoms with van der Waals surface area (Å²) in [5, 5.41) is 0. The molecule has 1 saturated heterocycles. The van der Waals surface area contributed by atoms with Crippen LogP contribution in [0.5, 0.6) is 5.75 Å². The van der Waals surface area contributed by atoms with E-state index in [1.54, 1.807) is 7.11 Å². The Labute approximate surface area is 111 Å². The van der Waals surface area contributed by atoms with E-state index in [1.807, 2.05) is 6.07 Å². The van der Waals surface area contributed by atoms with Gasteiger partial charge < -0.3 is 9.47 Å². The summed E-state index contributed by atoms with van der Waals surface area (Å²) in [6.45, 7) is 2.96. The molecule has 0 spiro atoms. The molecule has 2 atom stereocenters. The van der Waals surface area contributed by atoms with Gasteiger partial charge in [0, 0.05) is 6.61 Å². The molecule has 1 aliphatic rings. The van der Waals surface area contributed by atoms with Crippen LogP contribution >= 0.6 is 15.9 Å². The molecule has 0 N–H and O–H groups in total. The number of ether oxygens (including phenoxy) is 2. The first-order valence-electron chi connectivity index (χ1n) is 6.12. The van der Waals surface area contributed by atoms with Crippen molar-refractivity contribution >= 4 is 15.9 Å². The minimum atomic E-state index is 0.285. The molecule has 2 unspecified atom stereocenters. The van der Waals surface area contributed by atoms with Gasteiger partial charge in [0.05, 0.1) is 18.0 Å². The van der Waals surface area contributed by atoms with Crippen LogP contribution in [0, 0.1) is 6.92 Å². The maximum Gasteiger partial charge on any atom is 0.121 e. The monoisotopic (exact) mass is 298 g/mol. The summed E-state index contributed by atoms with van der Waals surface area (Å²) in [6.07, 6.45) is 3.90. The minimum absolute atomic E-state index is 0.285. The van der Waals surface area contributed by atoms with E-state index in [-0.39, 0.29) is 4.83 Å². The molecule has 1 fully saturated rings. The summed E-state index contributed by atoms with van der Waals surface area (Å²) in [7, 11) is 1.71. The first-order valence-corrected chi connectivity index (χ1v) is 7.04. The van der Waals surface area contributed by atoms with Crippen molar-refractivity contribution in [3.05, 3.63) is 29.3 Å². The molecule has 2 rings (SSSR count). The maximum absolute atomic E-state index is 5.81. The number of rotatable bonds is 3. The molecule has 1 aromatic carbocycles. The topological polar surface area (TPSA) is 18.5 Å². The molecule has 94 valence electrons. The van der Waals surface area contributed by atoms with E-state index in [4.69, 9.17) is 9.47 Å². The number of methoxy groups -OCH3 is 1. The third-order valence-corrected chi connectivity index (χ3v) is 4.40. The zero-order valence-electron chi connectivity index (χ0n) is 10.4. The van der Waals surface area contributed by atoms with Crippen LogP contribution in [0.15, 0.2) is 18.2 Å². The average Bonchev–Trinajstić information content (AvgIpc) is 2.39. The van der Waals surface area contributed by atoms with Gasteiger partial charge in [-0.15, -0.1) is 0 Å². The van der Waals surface area contributed by atoms with Crippen LogP contribution < -0.4 is 4.74 Å². The lowest BCUT2D eigenvalue weighted by atomic mass is 9.99. The van der Waals surface area contributed by atoms with E-state index in [1.165, 1.54) is 24.0 Å². The number of benzene rings is 1. The Balaban J connectivity index is 2.12. The van der Waals surface area contributed by atoms with Gasteiger partial charge in [0.1, 0.15) is 5.75 Å². The van der Waals surface area contributed by atoms with Crippen LogP contribution in [-0.4, -0.2) is 19.8 Å². The molecule has 0 aliphatic carbocycles. The number of halogens is 1. The third-order valence-electron chi connectivity index (χ3n) is 3.28. The highest BCUT2D eigenvalue weighted by Gasteiger charge is 2.23. The quantitative estimate of drug-likeness (QED) is 0.785. The van der Waals surface area contributed by atoms with Gasteiger partial charge >= 0.3 is 0 Å². The number of hydrogen-bond donors (Lipinski definition) is 0. The van der Waals surface area contributed by atoms with E-state index in [0.29, 0.717) is 6.10 Å². The lowest BCUT2D eigenvalue weighted by molar-refractivity contribution is 0.0160.